The van der Waals surface area contributed by atoms with Gasteiger partial charge in [0.25, 0.3) is 0 Å². The summed E-state index contributed by atoms with van der Waals surface area (Å²) in [5, 5.41) is 5.21. The summed E-state index contributed by atoms with van der Waals surface area (Å²) in [6, 6.07) is 4.35. The van der Waals surface area contributed by atoms with E-state index in [0.29, 0.717) is 6.54 Å². The van der Waals surface area contributed by atoms with Crippen molar-refractivity contribution in [3.63, 3.8) is 0 Å². The van der Waals surface area contributed by atoms with E-state index in [2.05, 4.69) is 32.2 Å². The molecule has 0 saturated carbocycles. The number of nitrogens with zero attached hydrogens (tertiary/aromatic N) is 1. The molecule has 3 nitrogen and oxygen atoms in total. The van der Waals surface area contributed by atoms with E-state index < -0.39 is 0 Å². The first-order valence-corrected chi connectivity index (χ1v) is 7.05. The van der Waals surface area contributed by atoms with Crippen LogP contribution in [0.25, 0.3) is 0 Å². The van der Waals surface area contributed by atoms with E-state index in [-0.39, 0.29) is 11.9 Å². The van der Waals surface area contributed by atoms with Crippen molar-refractivity contribution in [3.8, 4) is 0 Å². The molecule has 0 spiro atoms. The molecule has 0 fully saturated rings. The van der Waals surface area contributed by atoms with Crippen LogP contribution in [-0.2, 0) is 11.3 Å². The van der Waals surface area contributed by atoms with E-state index in [9.17, 15) is 4.79 Å². The monoisotopic (exact) mass is 254 g/mol. The second-order valence-corrected chi connectivity index (χ2v) is 5.40. The Morgan fingerprint density at radius 2 is 2.29 bits per heavy atom. The summed E-state index contributed by atoms with van der Waals surface area (Å²) in [6.07, 6.45) is 1.06. The van der Waals surface area contributed by atoms with Gasteiger partial charge in [0.2, 0.25) is 5.91 Å². The highest BCUT2D eigenvalue weighted by atomic mass is 32.1. The van der Waals surface area contributed by atoms with Gasteiger partial charge in [0.15, 0.2) is 0 Å². The van der Waals surface area contributed by atoms with Crippen molar-refractivity contribution in [1.82, 2.24) is 10.2 Å². The summed E-state index contributed by atoms with van der Waals surface area (Å²) < 4.78 is 0. The first-order chi connectivity index (χ1) is 8.15. The van der Waals surface area contributed by atoms with Crippen molar-refractivity contribution in [2.24, 2.45) is 0 Å². The number of carbonyl (C=O) groups is 1. The van der Waals surface area contributed by atoms with Crippen LogP contribution in [0.15, 0.2) is 17.5 Å². The van der Waals surface area contributed by atoms with Gasteiger partial charge >= 0.3 is 0 Å². The fourth-order valence-electron chi connectivity index (χ4n) is 1.60. The molecular weight excluding hydrogens is 232 g/mol. The van der Waals surface area contributed by atoms with Gasteiger partial charge in [-0.15, -0.1) is 11.3 Å². The molecule has 0 aliphatic heterocycles. The maximum Gasteiger partial charge on any atom is 0.237 e. The predicted molar refractivity (Wildman–Crippen MR) is 73.2 cm³/mol. The first-order valence-electron chi connectivity index (χ1n) is 6.17. The maximum atomic E-state index is 12.1. The highest BCUT2D eigenvalue weighted by Gasteiger charge is 2.16. The zero-order valence-electron chi connectivity index (χ0n) is 10.9. The Morgan fingerprint density at radius 1 is 1.53 bits per heavy atom. The van der Waals surface area contributed by atoms with E-state index in [0.717, 1.165) is 19.5 Å². The molecule has 0 radical (unpaired) electrons. The molecule has 0 aliphatic carbocycles. The third-order valence-electron chi connectivity index (χ3n) is 2.55. The number of hydrogen-bond donors (Lipinski definition) is 1. The van der Waals surface area contributed by atoms with Gasteiger partial charge in [-0.3, -0.25) is 4.79 Å². The molecule has 96 valence electrons. The highest BCUT2D eigenvalue weighted by molar-refractivity contribution is 7.09. The second kappa shape index (κ2) is 7.45. The van der Waals surface area contributed by atoms with Crippen molar-refractivity contribution >= 4 is 17.2 Å². The Morgan fingerprint density at radius 3 is 2.82 bits per heavy atom. The lowest BCUT2D eigenvalue weighted by Crippen LogP contribution is -2.41. The van der Waals surface area contributed by atoms with Crippen LogP contribution in [0.2, 0.25) is 0 Å². The van der Waals surface area contributed by atoms with Gasteiger partial charge in [-0.25, -0.2) is 0 Å². The third kappa shape index (κ3) is 4.88. The molecule has 0 saturated heterocycles. The standard InChI is InChI=1S/C13H22N2OS/c1-4-7-14-9-13(16)15(11(2)3)10-12-6-5-8-17-12/h5-6,8,11,14H,4,7,9-10H2,1-3H3. The molecule has 4 heteroatoms. The van der Waals surface area contributed by atoms with Crippen molar-refractivity contribution in [2.45, 2.75) is 39.8 Å². The number of amides is 1. The molecule has 17 heavy (non-hydrogen) atoms. The fraction of sp³-hybridized carbons (Fsp3) is 0.615. The summed E-state index contributed by atoms with van der Waals surface area (Å²) in [5.41, 5.74) is 0. The second-order valence-electron chi connectivity index (χ2n) is 4.37. The van der Waals surface area contributed by atoms with E-state index in [4.69, 9.17) is 0 Å². The predicted octanol–water partition coefficient (Wildman–Crippen LogP) is 2.48. The van der Waals surface area contributed by atoms with Gasteiger partial charge in [0.05, 0.1) is 13.1 Å². The van der Waals surface area contributed by atoms with E-state index in [1.165, 1.54) is 4.88 Å². The smallest absolute Gasteiger partial charge is 0.237 e. The molecule has 1 aromatic rings. The Hall–Kier alpha value is -0.870. The molecule has 1 rings (SSSR count). The van der Waals surface area contributed by atoms with Gasteiger partial charge in [-0.05, 0) is 38.3 Å². The third-order valence-corrected chi connectivity index (χ3v) is 3.41. The lowest BCUT2D eigenvalue weighted by molar-refractivity contribution is -0.132. The minimum atomic E-state index is 0.182. The summed E-state index contributed by atoms with van der Waals surface area (Å²) >= 11 is 1.70. The lowest BCUT2D eigenvalue weighted by atomic mass is 10.3. The minimum Gasteiger partial charge on any atom is -0.334 e. The first kappa shape index (κ1) is 14.2. The summed E-state index contributed by atoms with van der Waals surface area (Å²) in [4.78, 5) is 15.2. The fourth-order valence-corrected chi connectivity index (χ4v) is 2.31. The molecular formula is C13H22N2OS. The minimum absolute atomic E-state index is 0.182. The van der Waals surface area contributed by atoms with Crippen LogP contribution in [0.1, 0.15) is 32.1 Å². The van der Waals surface area contributed by atoms with Crippen LogP contribution in [-0.4, -0.2) is 29.9 Å². The summed E-state index contributed by atoms with van der Waals surface area (Å²) in [5.74, 6) is 0.182. The number of rotatable bonds is 7. The molecule has 0 aliphatic rings. The Bertz CT molecular complexity index is 322. The molecule has 0 unspecified atom stereocenters. The zero-order chi connectivity index (χ0) is 12.7. The number of carbonyl (C=O) groups excluding carboxylic acids is 1. The SMILES string of the molecule is CCCNCC(=O)N(Cc1cccs1)C(C)C. The molecule has 1 amide bonds. The van der Waals surface area contributed by atoms with Gasteiger partial charge < -0.3 is 10.2 Å². The average molecular weight is 254 g/mol. The van der Waals surface area contributed by atoms with Crippen LogP contribution in [0.3, 0.4) is 0 Å². The molecule has 0 atom stereocenters. The molecule has 0 bridgehead atoms. The Labute approximate surface area is 108 Å². The number of hydrogen-bond acceptors (Lipinski definition) is 3. The van der Waals surface area contributed by atoms with Crippen molar-refractivity contribution in [1.29, 1.82) is 0 Å². The number of thiophene rings is 1. The Kier molecular flexibility index (Phi) is 6.22. The summed E-state index contributed by atoms with van der Waals surface area (Å²) in [7, 11) is 0. The van der Waals surface area contributed by atoms with Crippen LogP contribution in [0.4, 0.5) is 0 Å². The largest absolute Gasteiger partial charge is 0.334 e. The van der Waals surface area contributed by atoms with Gasteiger partial charge in [0.1, 0.15) is 0 Å². The van der Waals surface area contributed by atoms with Crippen LogP contribution in [0.5, 0.6) is 0 Å². The van der Waals surface area contributed by atoms with Gasteiger partial charge in [-0.2, -0.15) is 0 Å². The van der Waals surface area contributed by atoms with Crippen molar-refractivity contribution in [3.05, 3.63) is 22.4 Å². The quantitative estimate of drug-likeness (QED) is 0.758. The molecule has 1 N–H and O–H groups in total. The van der Waals surface area contributed by atoms with E-state index >= 15 is 0 Å². The molecule has 0 aromatic carbocycles. The molecule has 1 aromatic heterocycles. The van der Waals surface area contributed by atoms with Crippen LogP contribution >= 0.6 is 11.3 Å². The van der Waals surface area contributed by atoms with E-state index in [1.54, 1.807) is 11.3 Å². The van der Waals surface area contributed by atoms with Crippen LogP contribution in [0, 0.1) is 0 Å². The average Bonchev–Trinajstić information content (AvgIpc) is 2.78. The van der Waals surface area contributed by atoms with Gasteiger partial charge in [0, 0.05) is 10.9 Å². The summed E-state index contributed by atoms with van der Waals surface area (Å²) in [6.45, 7) is 8.29. The molecule has 1 heterocycles. The van der Waals surface area contributed by atoms with Crippen molar-refractivity contribution < 1.29 is 4.79 Å². The zero-order valence-corrected chi connectivity index (χ0v) is 11.7. The van der Waals surface area contributed by atoms with Gasteiger partial charge in [-0.1, -0.05) is 13.0 Å². The lowest BCUT2D eigenvalue weighted by Gasteiger charge is -2.26. The topological polar surface area (TPSA) is 32.3 Å². The maximum absolute atomic E-state index is 12.1. The van der Waals surface area contributed by atoms with Crippen molar-refractivity contribution in [2.75, 3.05) is 13.1 Å². The number of nitrogens with one attached hydrogen (secondary N) is 1. The highest BCUT2D eigenvalue weighted by Crippen LogP contribution is 2.13. The normalized spacial score (nSPS) is 10.8. The van der Waals surface area contributed by atoms with E-state index in [1.807, 2.05) is 16.3 Å². The Balaban J connectivity index is 2.50. The van der Waals surface area contributed by atoms with Crippen LogP contribution < -0.4 is 5.32 Å².